The number of hydrogen-bond acceptors (Lipinski definition) is 0. The molecule has 0 saturated carbocycles. The van der Waals surface area contributed by atoms with E-state index in [2.05, 4.69) is 13.2 Å². The molecule has 0 rings (SSSR count). The molecule has 0 nitrogen and oxygen atoms in total. The third-order valence-electron chi connectivity index (χ3n) is 0.988. The van der Waals surface area contributed by atoms with Crippen LogP contribution in [-0.2, 0) is 0 Å². The number of rotatable bonds is 2. The van der Waals surface area contributed by atoms with E-state index in [1.165, 1.54) is 6.92 Å². The highest BCUT2D eigenvalue weighted by molar-refractivity contribution is 5.33. The second kappa shape index (κ2) is 3.56. The minimum atomic E-state index is -4.70. The molecule has 68 valence electrons. The normalized spacial score (nSPS) is 12.9. The zero-order valence-electron chi connectivity index (χ0n) is 6.50. The molecular weight excluding hydrogens is 172 g/mol. The van der Waals surface area contributed by atoms with E-state index in [0.29, 0.717) is 6.08 Å². The van der Waals surface area contributed by atoms with Crippen molar-refractivity contribution in [2.24, 2.45) is 0 Å². The van der Waals surface area contributed by atoms with Crippen molar-refractivity contribution in [1.82, 2.24) is 0 Å². The molecule has 0 aliphatic carbocycles. The van der Waals surface area contributed by atoms with Gasteiger partial charge in [-0.2, -0.15) is 13.2 Å². The summed E-state index contributed by atoms with van der Waals surface area (Å²) in [5.41, 5.74) is -1.25. The van der Waals surface area contributed by atoms with Crippen LogP contribution in [0.5, 0.6) is 0 Å². The van der Waals surface area contributed by atoms with Crippen LogP contribution in [0.4, 0.5) is 17.6 Å². The van der Waals surface area contributed by atoms with Crippen molar-refractivity contribution in [2.75, 3.05) is 0 Å². The first-order valence-corrected chi connectivity index (χ1v) is 3.04. The fourth-order valence-corrected chi connectivity index (χ4v) is 0.560. The van der Waals surface area contributed by atoms with Crippen LogP contribution in [0.3, 0.4) is 0 Å². The Morgan fingerprint density at radius 3 is 1.75 bits per heavy atom. The third-order valence-corrected chi connectivity index (χ3v) is 0.988. The molecule has 4 heteroatoms. The zero-order chi connectivity index (χ0) is 9.94. The van der Waals surface area contributed by atoms with Crippen molar-refractivity contribution in [3.63, 3.8) is 0 Å². The molecule has 0 N–H and O–H groups in total. The Kier molecular flexibility index (Phi) is 3.24. The van der Waals surface area contributed by atoms with Crippen molar-refractivity contribution in [3.8, 4) is 0 Å². The Morgan fingerprint density at radius 1 is 1.25 bits per heavy atom. The topological polar surface area (TPSA) is 0 Å². The maximum Gasteiger partial charge on any atom is 0.419 e. The third kappa shape index (κ3) is 3.37. The Morgan fingerprint density at radius 2 is 1.67 bits per heavy atom. The van der Waals surface area contributed by atoms with E-state index in [1.54, 1.807) is 0 Å². The Bertz CT molecular complexity index is 232. The second-order valence-corrected chi connectivity index (χ2v) is 2.31. The van der Waals surface area contributed by atoms with Gasteiger partial charge in [-0.25, -0.2) is 4.39 Å². The van der Waals surface area contributed by atoms with Gasteiger partial charge in [0.25, 0.3) is 0 Å². The van der Waals surface area contributed by atoms with E-state index < -0.39 is 17.6 Å². The van der Waals surface area contributed by atoms with E-state index in [1.807, 2.05) is 0 Å². The van der Waals surface area contributed by atoms with E-state index in [9.17, 15) is 17.6 Å². The molecule has 0 aliphatic heterocycles. The van der Waals surface area contributed by atoms with E-state index >= 15 is 0 Å². The lowest BCUT2D eigenvalue weighted by Crippen LogP contribution is -2.12. The van der Waals surface area contributed by atoms with Crippen LogP contribution < -0.4 is 0 Å². The summed E-state index contributed by atoms with van der Waals surface area (Å²) in [5, 5.41) is 0. The molecule has 0 unspecified atom stereocenters. The van der Waals surface area contributed by atoms with E-state index in [0.717, 1.165) is 0 Å². The first-order valence-electron chi connectivity index (χ1n) is 3.04. The van der Waals surface area contributed by atoms with Gasteiger partial charge in [0, 0.05) is 0 Å². The minimum Gasteiger partial charge on any atom is -0.207 e. The molecule has 0 fully saturated rings. The number of alkyl halides is 3. The van der Waals surface area contributed by atoms with Crippen LogP contribution in [-0.4, -0.2) is 6.18 Å². The summed E-state index contributed by atoms with van der Waals surface area (Å²) in [7, 11) is 0. The van der Waals surface area contributed by atoms with Gasteiger partial charge in [0.15, 0.2) is 0 Å². The summed E-state index contributed by atoms with van der Waals surface area (Å²) < 4.78 is 48.0. The molecule has 0 radical (unpaired) electrons. The van der Waals surface area contributed by atoms with E-state index in [4.69, 9.17) is 0 Å². The highest BCUT2D eigenvalue weighted by Crippen LogP contribution is 2.31. The molecule has 0 aliphatic rings. The van der Waals surface area contributed by atoms with Gasteiger partial charge in [-0.3, -0.25) is 0 Å². The second-order valence-electron chi connectivity index (χ2n) is 2.31. The average Bonchev–Trinajstić information content (AvgIpc) is 1.79. The van der Waals surface area contributed by atoms with Gasteiger partial charge in [-0.15, -0.1) is 0 Å². The SMILES string of the molecule is C=C(C)/C=C(\C(=C)F)C(F)(F)F. The molecule has 0 saturated heterocycles. The predicted molar refractivity (Wildman–Crippen MR) is 39.2 cm³/mol. The Labute approximate surface area is 67.9 Å². The molecule has 0 atom stereocenters. The minimum absolute atomic E-state index is 0.126. The van der Waals surface area contributed by atoms with Crippen LogP contribution >= 0.6 is 0 Å². The molecular formula is C8H8F4. The maximum atomic E-state index is 12.2. The molecule has 0 aromatic carbocycles. The van der Waals surface area contributed by atoms with Gasteiger partial charge >= 0.3 is 6.18 Å². The molecule has 0 spiro atoms. The largest absolute Gasteiger partial charge is 0.419 e. The first kappa shape index (κ1) is 10.9. The summed E-state index contributed by atoms with van der Waals surface area (Å²) in [6.45, 7) is 7.13. The van der Waals surface area contributed by atoms with Gasteiger partial charge in [0.05, 0.1) is 5.57 Å². The van der Waals surface area contributed by atoms with Crippen LogP contribution in [0.25, 0.3) is 0 Å². The number of allylic oxidation sites excluding steroid dienone is 4. The van der Waals surface area contributed by atoms with Gasteiger partial charge in [0.2, 0.25) is 0 Å². The van der Waals surface area contributed by atoms with Crippen molar-refractivity contribution in [1.29, 1.82) is 0 Å². The van der Waals surface area contributed by atoms with Crippen LogP contribution in [0, 0.1) is 0 Å². The van der Waals surface area contributed by atoms with Gasteiger partial charge in [-0.1, -0.05) is 18.7 Å². The van der Waals surface area contributed by atoms with Crippen molar-refractivity contribution >= 4 is 0 Å². The molecule has 0 aromatic rings. The highest BCUT2D eigenvalue weighted by Gasteiger charge is 2.35. The van der Waals surface area contributed by atoms with Gasteiger partial charge in [0.1, 0.15) is 5.83 Å². The van der Waals surface area contributed by atoms with Crippen molar-refractivity contribution in [3.05, 3.63) is 36.2 Å². The van der Waals surface area contributed by atoms with Crippen molar-refractivity contribution < 1.29 is 17.6 Å². The lowest BCUT2D eigenvalue weighted by atomic mass is 10.1. The zero-order valence-corrected chi connectivity index (χ0v) is 6.50. The first-order chi connectivity index (χ1) is 5.25. The maximum absolute atomic E-state index is 12.2. The Hall–Kier alpha value is -1.06. The summed E-state index contributed by atoms with van der Waals surface area (Å²) in [6, 6.07) is 0. The lowest BCUT2D eigenvalue weighted by Gasteiger charge is -2.08. The predicted octanol–water partition coefficient (Wildman–Crippen LogP) is 3.53. The quantitative estimate of drug-likeness (QED) is 0.450. The molecule has 0 aromatic heterocycles. The summed E-state index contributed by atoms with van der Waals surface area (Å²) in [6.07, 6.45) is -4.09. The Balaban J connectivity index is 4.94. The van der Waals surface area contributed by atoms with Crippen LogP contribution in [0.1, 0.15) is 6.92 Å². The summed E-state index contributed by atoms with van der Waals surface area (Å²) in [5.74, 6) is -1.49. The monoisotopic (exact) mass is 180 g/mol. The molecule has 0 amide bonds. The molecule has 0 bridgehead atoms. The highest BCUT2D eigenvalue weighted by atomic mass is 19.4. The molecule has 12 heavy (non-hydrogen) atoms. The lowest BCUT2D eigenvalue weighted by molar-refractivity contribution is -0.0910. The summed E-state index contributed by atoms with van der Waals surface area (Å²) >= 11 is 0. The number of hydrogen-bond donors (Lipinski definition) is 0. The van der Waals surface area contributed by atoms with E-state index in [-0.39, 0.29) is 5.57 Å². The summed E-state index contributed by atoms with van der Waals surface area (Å²) in [4.78, 5) is 0. The fraction of sp³-hybridized carbons (Fsp3) is 0.250. The van der Waals surface area contributed by atoms with Gasteiger partial charge < -0.3 is 0 Å². The average molecular weight is 180 g/mol. The number of halogens is 4. The fourth-order valence-electron chi connectivity index (χ4n) is 0.560. The van der Waals surface area contributed by atoms with Gasteiger partial charge in [-0.05, 0) is 13.0 Å². The van der Waals surface area contributed by atoms with Crippen molar-refractivity contribution in [2.45, 2.75) is 13.1 Å². The molecule has 0 heterocycles. The standard InChI is InChI=1S/C8H8F4/c1-5(2)4-7(6(3)9)8(10,11)12/h4H,1,3H2,2H3/b7-4+. The smallest absolute Gasteiger partial charge is 0.207 e. The van der Waals surface area contributed by atoms with Crippen LogP contribution in [0.2, 0.25) is 0 Å². The van der Waals surface area contributed by atoms with Crippen LogP contribution in [0.15, 0.2) is 36.2 Å².